The third kappa shape index (κ3) is 3.42. The number of halogens is 4. The molecule has 0 fully saturated rings. The molecule has 0 radical (unpaired) electrons. The van der Waals surface area contributed by atoms with E-state index in [2.05, 4.69) is 15.9 Å². The van der Waals surface area contributed by atoms with Gasteiger partial charge in [0.1, 0.15) is 0 Å². The van der Waals surface area contributed by atoms with E-state index in [1.807, 2.05) is 48.5 Å². The SMILES string of the molecule is Clc1ccc([C@H](Cl)[C@@H](Br)c2ccc(Cl)cc2)cc1. The van der Waals surface area contributed by atoms with E-state index >= 15 is 0 Å². The fraction of sp³-hybridized carbons (Fsp3) is 0.143. The molecule has 0 spiro atoms. The minimum Gasteiger partial charge on any atom is -0.116 e. The number of alkyl halides is 2. The van der Waals surface area contributed by atoms with Crippen molar-refractivity contribution in [2.24, 2.45) is 0 Å². The van der Waals surface area contributed by atoms with Crippen molar-refractivity contribution < 1.29 is 0 Å². The molecule has 0 saturated heterocycles. The molecule has 0 aromatic heterocycles. The topological polar surface area (TPSA) is 0 Å². The van der Waals surface area contributed by atoms with Crippen LogP contribution in [0.3, 0.4) is 0 Å². The molecular weight excluding hydrogens is 354 g/mol. The summed E-state index contributed by atoms with van der Waals surface area (Å²) in [6, 6.07) is 15.2. The van der Waals surface area contributed by atoms with Crippen LogP contribution in [0.5, 0.6) is 0 Å². The van der Waals surface area contributed by atoms with Crippen LogP contribution in [0.2, 0.25) is 10.0 Å². The summed E-state index contributed by atoms with van der Waals surface area (Å²) >= 11 is 21.8. The average molecular weight is 364 g/mol. The van der Waals surface area contributed by atoms with E-state index in [1.165, 1.54) is 0 Å². The highest BCUT2D eigenvalue weighted by atomic mass is 79.9. The maximum Gasteiger partial charge on any atom is 0.0751 e. The van der Waals surface area contributed by atoms with Gasteiger partial charge in [0.15, 0.2) is 0 Å². The van der Waals surface area contributed by atoms with E-state index in [1.54, 1.807) is 0 Å². The largest absolute Gasteiger partial charge is 0.116 e. The van der Waals surface area contributed by atoms with Crippen molar-refractivity contribution in [2.75, 3.05) is 0 Å². The fourth-order valence-corrected chi connectivity index (χ4v) is 2.78. The summed E-state index contributed by atoms with van der Waals surface area (Å²) in [6.45, 7) is 0. The average Bonchev–Trinajstić information content (AvgIpc) is 2.39. The Hall–Kier alpha value is -0.210. The predicted octanol–water partition coefficient (Wildman–Crippen LogP) is 6.41. The number of hydrogen-bond donors (Lipinski definition) is 0. The van der Waals surface area contributed by atoms with E-state index in [0.29, 0.717) is 5.02 Å². The lowest BCUT2D eigenvalue weighted by Gasteiger charge is -2.17. The molecule has 2 atom stereocenters. The zero-order valence-electron chi connectivity index (χ0n) is 9.29. The van der Waals surface area contributed by atoms with Gasteiger partial charge in [-0.15, -0.1) is 11.6 Å². The first-order valence-electron chi connectivity index (χ1n) is 5.37. The molecule has 0 aliphatic carbocycles. The highest BCUT2D eigenvalue weighted by Gasteiger charge is 2.19. The smallest absolute Gasteiger partial charge is 0.0751 e. The van der Waals surface area contributed by atoms with Gasteiger partial charge in [0.2, 0.25) is 0 Å². The maximum atomic E-state index is 6.46. The zero-order chi connectivity index (χ0) is 13.1. The molecule has 0 heterocycles. The Bertz CT molecular complexity index is 458. The van der Waals surface area contributed by atoms with Crippen molar-refractivity contribution in [2.45, 2.75) is 10.2 Å². The Morgan fingerprint density at radius 2 is 1.11 bits per heavy atom. The molecule has 2 aromatic rings. The van der Waals surface area contributed by atoms with Gasteiger partial charge in [-0.25, -0.2) is 0 Å². The van der Waals surface area contributed by atoms with Crippen molar-refractivity contribution in [3.63, 3.8) is 0 Å². The standard InChI is InChI=1S/C14H10BrCl3/c15-13(9-1-5-11(16)6-2-9)14(18)10-3-7-12(17)8-4-10/h1-8,13-14H/t13-,14-/m0/s1. The van der Waals surface area contributed by atoms with Gasteiger partial charge in [-0.3, -0.25) is 0 Å². The van der Waals surface area contributed by atoms with Gasteiger partial charge in [0, 0.05) is 10.0 Å². The lowest BCUT2D eigenvalue weighted by molar-refractivity contribution is 0.909. The van der Waals surface area contributed by atoms with Crippen molar-refractivity contribution >= 4 is 50.7 Å². The number of rotatable bonds is 3. The lowest BCUT2D eigenvalue weighted by Crippen LogP contribution is -1.99. The summed E-state index contributed by atoms with van der Waals surface area (Å²) in [4.78, 5) is 0.0256. The van der Waals surface area contributed by atoms with Crippen molar-refractivity contribution in [1.82, 2.24) is 0 Å². The molecule has 0 nitrogen and oxygen atoms in total. The van der Waals surface area contributed by atoms with Gasteiger partial charge in [-0.1, -0.05) is 63.4 Å². The first-order chi connectivity index (χ1) is 8.58. The normalized spacial score (nSPS) is 14.2. The van der Waals surface area contributed by atoms with Crippen molar-refractivity contribution in [3.8, 4) is 0 Å². The van der Waals surface area contributed by atoms with Crippen LogP contribution in [0, 0.1) is 0 Å². The van der Waals surface area contributed by atoms with Crippen LogP contribution >= 0.6 is 50.7 Å². The predicted molar refractivity (Wildman–Crippen MR) is 83.2 cm³/mol. The molecule has 0 saturated carbocycles. The lowest BCUT2D eigenvalue weighted by atomic mass is 10.0. The fourth-order valence-electron chi connectivity index (χ4n) is 1.63. The highest BCUT2D eigenvalue weighted by Crippen LogP contribution is 2.41. The molecule has 94 valence electrons. The van der Waals surface area contributed by atoms with Gasteiger partial charge in [-0.2, -0.15) is 0 Å². The molecular formula is C14H10BrCl3. The summed E-state index contributed by atoms with van der Waals surface area (Å²) in [5.41, 5.74) is 2.12. The van der Waals surface area contributed by atoms with E-state index in [0.717, 1.165) is 16.1 Å². The molecule has 0 aliphatic rings. The zero-order valence-corrected chi connectivity index (χ0v) is 13.1. The molecule has 0 N–H and O–H groups in total. The Labute approximate surface area is 130 Å². The molecule has 0 amide bonds. The Balaban J connectivity index is 2.20. The Kier molecular flexibility index (Phi) is 4.97. The van der Waals surface area contributed by atoms with E-state index in [9.17, 15) is 0 Å². The first kappa shape index (κ1) is 14.2. The summed E-state index contributed by atoms with van der Waals surface area (Å²) in [5, 5.41) is 1.26. The van der Waals surface area contributed by atoms with Crippen molar-refractivity contribution in [1.29, 1.82) is 0 Å². The van der Waals surface area contributed by atoms with Gasteiger partial charge in [0.25, 0.3) is 0 Å². The minimum absolute atomic E-state index is 0.0256. The number of benzene rings is 2. The second-order valence-electron chi connectivity index (χ2n) is 3.91. The van der Waals surface area contributed by atoms with Crippen LogP contribution in [0.4, 0.5) is 0 Å². The summed E-state index contributed by atoms with van der Waals surface area (Å²) in [5.74, 6) is 0. The molecule has 18 heavy (non-hydrogen) atoms. The first-order valence-corrected chi connectivity index (χ1v) is 7.48. The molecule has 0 unspecified atom stereocenters. The van der Waals surface area contributed by atoms with Gasteiger partial charge < -0.3 is 0 Å². The summed E-state index contributed by atoms with van der Waals surface area (Å²) in [7, 11) is 0. The number of hydrogen-bond acceptors (Lipinski definition) is 0. The summed E-state index contributed by atoms with van der Waals surface area (Å²) < 4.78 is 0. The van der Waals surface area contributed by atoms with Crippen LogP contribution in [0.15, 0.2) is 48.5 Å². The maximum absolute atomic E-state index is 6.46. The third-order valence-electron chi connectivity index (χ3n) is 2.63. The van der Waals surface area contributed by atoms with Crippen LogP contribution in [0.1, 0.15) is 21.3 Å². The van der Waals surface area contributed by atoms with Crippen LogP contribution in [0.25, 0.3) is 0 Å². The van der Waals surface area contributed by atoms with Crippen LogP contribution in [-0.4, -0.2) is 0 Å². The molecule has 4 heteroatoms. The van der Waals surface area contributed by atoms with Gasteiger partial charge in [-0.05, 0) is 35.4 Å². The molecule has 0 bridgehead atoms. The van der Waals surface area contributed by atoms with E-state index < -0.39 is 0 Å². The quantitative estimate of drug-likeness (QED) is 0.552. The summed E-state index contributed by atoms with van der Waals surface area (Å²) in [6.07, 6.45) is 0. The Morgan fingerprint density at radius 1 is 0.722 bits per heavy atom. The van der Waals surface area contributed by atoms with Gasteiger partial charge >= 0.3 is 0 Å². The minimum atomic E-state index is -0.163. The Morgan fingerprint density at radius 3 is 1.56 bits per heavy atom. The highest BCUT2D eigenvalue weighted by molar-refractivity contribution is 9.09. The van der Waals surface area contributed by atoms with Crippen molar-refractivity contribution in [3.05, 3.63) is 69.7 Å². The van der Waals surface area contributed by atoms with Crippen LogP contribution < -0.4 is 0 Å². The second-order valence-corrected chi connectivity index (χ2v) is 6.24. The molecule has 0 aliphatic heterocycles. The second kappa shape index (κ2) is 6.29. The molecule has 2 aromatic carbocycles. The monoisotopic (exact) mass is 362 g/mol. The van der Waals surface area contributed by atoms with E-state index in [4.69, 9.17) is 34.8 Å². The van der Waals surface area contributed by atoms with Crippen LogP contribution in [-0.2, 0) is 0 Å². The third-order valence-corrected chi connectivity index (χ3v) is 5.00. The van der Waals surface area contributed by atoms with E-state index in [-0.39, 0.29) is 10.2 Å². The van der Waals surface area contributed by atoms with Gasteiger partial charge in [0.05, 0.1) is 10.2 Å². The molecule has 2 rings (SSSR count).